The summed E-state index contributed by atoms with van der Waals surface area (Å²) in [6.45, 7) is 2.21. The lowest BCUT2D eigenvalue weighted by atomic mass is 10.4. The van der Waals surface area contributed by atoms with E-state index in [1.165, 1.54) is 11.3 Å². The standard InChI is InChI=1S/C8H10N2O2S/c1-2-9-7(11)8(12)10-6-3-4-13-5-6/h3-5H,2H2,1H3,(H,9,11)(H,10,12). The molecule has 2 amide bonds. The molecule has 70 valence electrons. The van der Waals surface area contributed by atoms with Crippen LogP contribution in [0.4, 0.5) is 5.69 Å². The van der Waals surface area contributed by atoms with Gasteiger partial charge in [-0.3, -0.25) is 9.59 Å². The molecule has 4 nitrogen and oxygen atoms in total. The summed E-state index contributed by atoms with van der Waals surface area (Å²) in [7, 11) is 0. The van der Waals surface area contributed by atoms with Crippen LogP contribution in [0.15, 0.2) is 16.8 Å². The Hall–Kier alpha value is -1.36. The number of likely N-dealkylation sites (N-methyl/N-ethyl adjacent to an activating group) is 1. The molecular weight excluding hydrogens is 188 g/mol. The lowest BCUT2D eigenvalue weighted by Gasteiger charge is -2.01. The van der Waals surface area contributed by atoms with Gasteiger partial charge in [0.15, 0.2) is 0 Å². The van der Waals surface area contributed by atoms with Gasteiger partial charge >= 0.3 is 11.8 Å². The van der Waals surface area contributed by atoms with Crippen molar-refractivity contribution >= 4 is 28.8 Å². The fourth-order valence-electron chi connectivity index (χ4n) is 0.764. The van der Waals surface area contributed by atoms with E-state index in [-0.39, 0.29) is 0 Å². The van der Waals surface area contributed by atoms with Gasteiger partial charge in [0.05, 0.1) is 5.69 Å². The summed E-state index contributed by atoms with van der Waals surface area (Å²) in [6.07, 6.45) is 0. The number of rotatable bonds is 2. The van der Waals surface area contributed by atoms with Gasteiger partial charge in [0.1, 0.15) is 0 Å². The lowest BCUT2D eigenvalue weighted by Crippen LogP contribution is -2.34. The van der Waals surface area contributed by atoms with E-state index >= 15 is 0 Å². The molecule has 0 saturated heterocycles. The smallest absolute Gasteiger partial charge is 0.313 e. The molecule has 0 unspecified atom stereocenters. The van der Waals surface area contributed by atoms with Gasteiger partial charge in [0.2, 0.25) is 0 Å². The maximum absolute atomic E-state index is 11.1. The Morgan fingerprint density at radius 1 is 1.46 bits per heavy atom. The van der Waals surface area contributed by atoms with Crippen LogP contribution in [0.1, 0.15) is 6.92 Å². The molecule has 0 aliphatic carbocycles. The second kappa shape index (κ2) is 4.61. The van der Waals surface area contributed by atoms with Gasteiger partial charge in [-0.15, -0.1) is 0 Å². The zero-order valence-corrected chi connectivity index (χ0v) is 7.98. The zero-order chi connectivity index (χ0) is 9.68. The highest BCUT2D eigenvalue weighted by Crippen LogP contribution is 2.11. The summed E-state index contributed by atoms with van der Waals surface area (Å²) >= 11 is 1.46. The van der Waals surface area contributed by atoms with Crippen LogP contribution in [-0.2, 0) is 9.59 Å². The molecule has 0 aliphatic rings. The largest absolute Gasteiger partial charge is 0.348 e. The van der Waals surface area contributed by atoms with Crippen LogP contribution < -0.4 is 10.6 Å². The van der Waals surface area contributed by atoms with E-state index in [0.29, 0.717) is 12.2 Å². The Morgan fingerprint density at radius 2 is 2.23 bits per heavy atom. The van der Waals surface area contributed by atoms with Crippen molar-refractivity contribution in [2.24, 2.45) is 0 Å². The number of carbonyl (C=O) groups is 2. The fraction of sp³-hybridized carbons (Fsp3) is 0.250. The van der Waals surface area contributed by atoms with Crippen molar-refractivity contribution in [3.8, 4) is 0 Å². The zero-order valence-electron chi connectivity index (χ0n) is 7.16. The molecule has 1 aromatic heterocycles. The highest BCUT2D eigenvalue weighted by Gasteiger charge is 2.11. The van der Waals surface area contributed by atoms with Gasteiger partial charge < -0.3 is 10.6 Å². The van der Waals surface area contributed by atoms with Crippen LogP contribution in [0, 0.1) is 0 Å². The number of anilines is 1. The van der Waals surface area contributed by atoms with Crippen LogP contribution in [0.3, 0.4) is 0 Å². The van der Waals surface area contributed by atoms with Crippen molar-refractivity contribution in [2.45, 2.75) is 6.92 Å². The third-order valence-corrected chi connectivity index (χ3v) is 2.01. The van der Waals surface area contributed by atoms with Gasteiger partial charge in [-0.1, -0.05) is 0 Å². The van der Waals surface area contributed by atoms with Crippen LogP contribution in [0.2, 0.25) is 0 Å². The first-order chi connectivity index (χ1) is 6.24. The summed E-state index contributed by atoms with van der Waals surface area (Å²) in [5.74, 6) is -1.23. The second-order valence-corrected chi connectivity index (χ2v) is 3.11. The molecule has 0 fully saturated rings. The van der Waals surface area contributed by atoms with E-state index in [2.05, 4.69) is 10.6 Å². The molecule has 0 spiro atoms. The predicted molar refractivity (Wildman–Crippen MR) is 51.6 cm³/mol. The van der Waals surface area contributed by atoms with Gasteiger partial charge in [-0.05, 0) is 18.4 Å². The van der Waals surface area contributed by atoms with Crippen molar-refractivity contribution in [3.05, 3.63) is 16.8 Å². The van der Waals surface area contributed by atoms with E-state index in [0.717, 1.165) is 0 Å². The Labute approximate surface area is 80.0 Å². The Balaban J connectivity index is 2.46. The van der Waals surface area contributed by atoms with E-state index < -0.39 is 11.8 Å². The number of carbonyl (C=O) groups excluding carboxylic acids is 2. The number of hydrogen-bond donors (Lipinski definition) is 2. The average molecular weight is 198 g/mol. The first-order valence-corrected chi connectivity index (χ1v) is 4.79. The first-order valence-electron chi connectivity index (χ1n) is 3.85. The summed E-state index contributed by atoms with van der Waals surface area (Å²) in [5.41, 5.74) is 0.654. The van der Waals surface area contributed by atoms with Crippen LogP contribution in [0.5, 0.6) is 0 Å². The highest BCUT2D eigenvalue weighted by molar-refractivity contribution is 7.08. The monoisotopic (exact) mass is 198 g/mol. The van der Waals surface area contributed by atoms with Crippen LogP contribution in [0.25, 0.3) is 0 Å². The average Bonchev–Trinajstić information content (AvgIpc) is 2.57. The van der Waals surface area contributed by atoms with Gasteiger partial charge in [-0.2, -0.15) is 11.3 Å². The number of nitrogens with one attached hydrogen (secondary N) is 2. The van der Waals surface area contributed by atoms with Gasteiger partial charge in [0.25, 0.3) is 0 Å². The minimum atomic E-state index is -0.625. The molecule has 0 aromatic carbocycles. The summed E-state index contributed by atoms with van der Waals surface area (Å²) in [4.78, 5) is 22.0. The maximum atomic E-state index is 11.1. The van der Waals surface area contributed by atoms with Crippen molar-refractivity contribution in [3.63, 3.8) is 0 Å². The molecule has 0 bridgehead atoms. The molecule has 2 N–H and O–H groups in total. The SMILES string of the molecule is CCNC(=O)C(=O)Nc1ccsc1. The molecule has 0 aliphatic heterocycles. The minimum absolute atomic E-state index is 0.454. The number of amides is 2. The number of thiophene rings is 1. The molecule has 1 rings (SSSR count). The molecule has 13 heavy (non-hydrogen) atoms. The topological polar surface area (TPSA) is 58.2 Å². The summed E-state index contributed by atoms with van der Waals surface area (Å²) in [6, 6.07) is 1.74. The molecule has 1 heterocycles. The van der Waals surface area contributed by atoms with Crippen molar-refractivity contribution in [1.82, 2.24) is 5.32 Å². The Kier molecular flexibility index (Phi) is 3.45. The second-order valence-electron chi connectivity index (χ2n) is 2.33. The minimum Gasteiger partial charge on any atom is -0.348 e. The molecular formula is C8H10N2O2S. The normalized spacial score (nSPS) is 9.31. The van der Waals surface area contributed by atoms with Crippen molar-refractivity contribution in [1.29, 1.82) is 0 Å². The Bertz CT molecular complexity index is 295. The van der Waals surface area contributed by atoms with Crippen molar-refractivity contribution in [2.75, 3.05) is 11.9 Å². The molecule has 1 aromatic rings. The molecule has 0 atom stereocenters. The summed E-state index contributed by atoms with van der Waals surface area (Å²) < 4.78 is 0. The molecule has 0 saturated carbocycles. The highest BCUT2D eigenvalue weighted by atomic mass is 32.1. The molecule has 0 radical (unpaired) electrons. The van der Waals surface area contributed by atoms with E-state index in [4.69, 9.17) is 0 Å². The van der Waals surface area contributed by atoms with Crippen molar-refractivity contribution < 1.29 is 9.59 Å². The van der Waals surface area contributed by atoms with E-state index in [1.54, 1.807) is 18.4 Å². The third kappa shape index (κ3) is 2.87. The summed E-state index contributed by atoms with van der Waals surface area (Å²) in [5, 5.41) is 8.46. The lowest BCUT2D eigenvalue weighted by molar-refractivity contribution is -0.136. The van der Waals surface area contributed by atoms with Crippen LogP contribution >= 0.6 is 11.3 Å². The van der Waals surface area contributed by atoms with Gasteiger partial charge in [-0.25, -0.2) is 0 Å². The third-order valence-electron chi connectivity index (χ3n) is 1.32. The van der Waals surface area contributed by atoms with E-state index in [1.807, 2.05) is 5.38 Å². The number of hydrogen-bond acceptors (Lipinski definition) is 3. The maximum Gasteiger partial charge on any atom is 0.313 e. The van der Waals surface area contributed by atoms with E-state index in [9.17, 15) is 9.59 Å². The predicted octanol–water partition coefficient (Wildman–Crippen LogP) is 0.823. The molecule has 5 heteroatoms. The first kappa shape index (κ1) is 9.73. The van der Waals surface area contributed by atoms with Gasteiger partial charge in [0, 0.05) is 11.9 Å². The quantitative estimate of drug-likeness (QED) is 0.691. The fourth-order valence-corrected chi connectivity index (χ4v) is 1.35. The van der Waals surface area contributed by atoms with Crippen LogP contribution in [-0.4, -0.2) is 18.4 Å². The Morgan fingerprint density at radius 3 is 2.77 bits per heavy atom.